The van der Waals surface area contributed by atoms with Gasteiger partial charge in [0.25, 0.3) is 0 Å². The van der Waals surface area contributed by atoms with Crippen molar-refractivity contribution in [2.75, 3.05) is 18.4 Å². The fourth-order valence-corrected chi connectivity index (χ4v) is 4.22. The van der Waals surface area contributed by atoms with Crippen molar-refractivity contribution in [1.82, 2.24) is 9.88 Å². The molecule has 3 aliphatic heterocycles. The maximum absolute atomic E-state index is 14.2. The molecule has 0 amide bonds. The Morgan fingerprint density at radius 3 is 2.48 bits per heavy atom. The Hall–Kier alpha value is -2.01. The number of anilines is 1. The van der Waals surface area contributed by atoms with Gasteiger partial charge in [0.15, 0.2) is 11.6 Å². The maximum Gasteiger partial charge on any atom is 0.166 e. The van der Waals surface area contributed by atoms with Crippen LogP contribution in [0.4, 0.5) is 14.6 Å². The first-order chi connectivity index (χ1) is 12.0. The van der Waals surface area contributed by atoms with Crippen LogP contribution in [0, 0.1) is 24.5 Å². The number of piperidine rings is 3. The molecule has 25 heavy (non-hydrogen) atoms. The van der Waals surface area contributed by atoms with Crippen LogP contribution >= 0.6 is 0 Å². The lowest BCUT2D eigenvalue weighted by Gasteiger charge is -2.50. The summed E-state index contributed by atoms with van der Waals surface area (Å²) in [5.74, 6) is -0.123. The summed E-state index contributed by atoms with van der Waals surface area (Å²) in [4.78, 5) is 6.97. The molecule has 0 aliphatic carbocycles. The fourth-order valence-electron chi connectivity index (χ4n) is 4.22. The lowest BCUT2D eigenvalue weighted by molar-refractivity contribution is 0.0457. The average Bonchev–Trinajstić information content (AvgIpc) is 2.64. The number of hydrogen-bond donors (Lipinski definition) is 1. The van der Waals surface area contributed by atoms with Crippen molar-refractivity contribution in [3.05, 3.63) is 47.7 Å². The molecule has 3 aliphatic rings. The molecule has 132 valence electrons. The lowest BCUT2D eigenvalue weighted by Crippen LogP contribution is -2.59. The van der Waals surface area contributed by atoms with Gasteiger partial charge in [-0.3, -0.25) is 4.90 Å². The van der Waals surface area contributed by atoms with E-state index < -0.39 is 11.6 Å². The zero-order valence-electron chi connectivity index (χ0n) is 14.6. The Kier molecular flexibility index (Phi) is 4.20. The summed E-state index contributed by atoms with van der Waals surface area (Å²) in [6.07, 6.45) is 4.07. The van der Waals surface area contributed by atoms with Gasteiger partial charge in [-0.25, -0.2) is 13.8 Å². The number of pyridine rings is 1. The molecule has 5 heteroatoms. The van der Waals surface area contributed by atoms with Gasteiger partial charge >= 0.3 is 0 Å². The van der Waals surface area contributed by atoms with E-state index in [0.29, 0.717) is 29.1 Å². The molecule has 1 aromatic heterocycles. The highest BCUT2D eigenvalue weighted by Crippen LogP contribution is 2.34. The summed E-state index contributed by atoms with van der Waals surface area (Å²) in [7, 11) is 0. The Morgan fingerprint density at radius 1 is 1.08 bits per heavy atom. The van der Waals surface area contributed by atoms with Crippen LogP contribution in [0.3, 0.4) is 0 Å². The molecule has 1 N–H and O–H groups in total. The van der Waals surface area contributed by atoms with E-state index in [0.717, 1.165) is 5.82 Å². The van der Waals surface area contributed by atoms with Gasteiger partial charge in [-0.1, -0.05) is 12.1 Å². The van der Waals surface area contributed by atoms with E-state index in [1.54, 1.807) is 31.3 Å². The molecule has 3 saturated heterocycles. The van der Waals surface area contributed by atoms with E-state index >= 15 is 0 Å². The first kappa shape index (κ1) is 16.5. The summed E-state index contributed by atoms with van der Waals surface area (Å²) in [5.41, 5.74) is 1.14. The number of nitrogens with zero attached hydrogens (tertiary/aromatic N) is 2. The zero-order valence-corrected chi connectivity index (χ0v) is 14.6. The van der Waals surface area contributed by atoms with Crippen LogP contribution in [-0.4, -0.2) is 35.1 Å². The minimum absolute atomic E-state index is 0.248. The molecule has 0 spiro atoms. The summed E-state index contributed by atoms with van der Waals surface area (Å²) in [6, 6.07) is 7.75. The van der Waals surface area contributed by atoms with Crippen molar-refractivity contribution >= 4 is 5.82 Å². The average molecular weight is 343 g/mol. The van der Waals surface area contributed by atoms with E-state index in [1.165, 1.54) is 25.9 Å². The van der Waals surface area contributed by atoms with Crippen molar-refractivity contribution in [1.29, 1.82) is 0 Å². The minimum Gasteiger partial charge on any atom is -0.365 e. The second kappa shape index (κ2) is 6.37. The number of rotatable bonds is 3. The van der Waals surface area contributed by atoms with E-state index in [4.69, 9.17) is 0 Å². The number of aryl methyl sites for hydroxylation is 1. The number of benzene rings is 1. The van der Waals surface area contributed by atoms with Gasteiger partial charge in [-0.05, 0) is 63.4 Å². The summed E-state index contributed by atoms with van der Waals surface area (Å²) in [6.45, 7) is 6.20. The normalized spacial score (nSPS) is 28.2. The standard InChI is InChI=1S/C20H23F2N3/c1-12-3-5-16(19(22)18(12)21)15-4-6-17(23-11-15)24-20-13(2)25-9-7-14(20)8-10-25/h3-6,11,13-14,20H,7-10H2,1-2H3,(H,23,24)/t13-,20+/m1/s1. The van der Waals surface area contributed by atoms with Crippen LogP contribution in [0.2, 0.25) is 0 Å². The molecule has 5 rings (SSSR count). The van der Waals surface area contributed by atoms with Gasteiger partial charge in [-0.15, -0.1) is 0 Å². The van der Waals surface area contributed by atoms with Crippen LogP contribution in [0.25, 0.3) is 11.1 Å². The zero-order chi connectivity index (χ0) is 17.6. The topological polar surface area (TPSA) is 28.2 Å². The molecule has 3 nitrogen and oxygen atoms in total. The molecular weight excluding hydrogens is 320 g/mol. The fraction of sp³-hybridized carbons (Fsp3) is 0.450. The predicted molar refractivity (Wildman–Crippen MR) is 95.5 cm³/mol. The maximum atomic E-state index is 14.2. The van der Waals surface area contributed by atoms with E-state index in [1.807, 2.05) is 6.07 Å². The Labute approximate surface area is 147 Å². The van der Waals surface area contributed by atoms with Crippen LogP contribution in [0.5, 0.6) is 0 Å². The largest absolute Gasteiger partial charge is 0.365 e. The van der Waals surface area contributed by atoms with Gasteiger partial charge in [-0.2, -0.15) is 0 Å². The SMILES string of the molecule is Cc1ccc(-c2ccc(N[C@@H]3C4CCN(CC4)[C@@H]3C)nc2)c(F)c1F. The molecule has 3 fully saturated rings. The van der Waals surface area contributed by atoms with E-state index in [2.05, 4.69) is 22.1 Å². The number of halogens is 2. The van der Waals surface area contributed by atoms with Crippen molar-refractivity contribution in [3.63, 3.8) is 0 Å². The second-order valence-corrected chi connectivity index (χ2v) is 7.27. The summed E-state index contributed by atoms with van der Waals surface area (Å²) >= 11 is 0. The number of hydrogen-bond acceptors (Lipinski definition) is 3. The molecule has 2 aromatic rings. The summed E-state index contributed by atoms with van der Waals surface area (Å²) in [5, 5.41) is 3.56. The highest BCUT2D eigenvalue weighted by Gasteiger charge is 2.39. The molecule has 2 bridgehead atoms. The van der Waals surface area contributed by atoms with Crippen molar-refractivity contribution < 1.29 is 8.78 Å². The third-order valence-corrected chi connectivity index (χ3v) is 5.84. The van der Waals surface area contributed by atoms with Crippen LogP contribution in [-0.2, 0) is 0 Å². The Morgan fingerprint density at radius 2 is 1.84 bits per heavy atom. The van der Waals surface area contributed by atoms with Crippen molar-refractivity contribution in [2.45, 2.75) is 38.8 Å². The molecule has 0 radical (unpaired) electrons. The number of aromatic nitrogens is 1. The predicted octanol–water partition coefficient (Wildman–Crippen LogP) is 4.23. The lowest BCUT2D eigenvalue weighted by atomic mass is 9.79. The molecule has 0 unspecified atom stereocenters. The Balaban J connectivity index is 1.54. The van der Waals surface area contributed by atoms with Gasteiger partial charge in [0, 0.05) is 29.4 Å². The molecule has 0 saturated carbocycles. The molecule has 2 atom stereocenters. The first-order valence-electron chi connectivity index (χ1n) is 8.96. The molecular formula is C20H23F2N3. The van der Waals surface area contributed by atoms with Crippen molar-refractivity contribution in [2.24, 2.45) is 5.92 Å². The second-order valence-electron chi connectivity index (χ2n) is 7.27. The van der Waals surface area contributed by atoms with Crippen molar-refractivity contribution in [3.8, 4) is 11.1 Å². The van der Waals surface area contributed by atoms with Gasteiger partial charge in [0.1, 0.15) is 5.82 Å². The van der Waals surface area contributed by atoms with Gasteiger partial charge in [0.05, 0.1) is 0 Å². The highest BCUT2D eigenvalue weighted by atomic mass is 19.2. The Bertz CT molecular complexity index is 765. The minimum atomic E-state index is -0.812. The third kappa shape index (κ3) is 2.91. The number of nitrogens with one attached hydrogen (secondary N) is 1. The first-order valence-corrected chi connectivity index (χ1v) is 8.96. The van der Waals surface area contributed by atoms with E-state index in [-0.39, 0.29) is 5.56 Å². The monoisotopic (exact) mass is 343 g/mol. The van der Waals surface area contributed by atoms with Gasteiger partial charge < -0.3 is 5.32 Å². The quantitative estimate of drug-likeness (QED) is 0.904. The highest BCUT2D eigenvalue weighted by molar-refractivity contribution is 5.65. The van der Waals surface area contributed by atoms with Crippen LogP contribution < -0.4 is 5.32 Å². The van der Waals surface area contributed by atoms with E-state index in [9.17, 15) is 8.78 Å². The number of fused-ring (bicyclic) bond motifs is 3. The van der Waals surface area contributed by atoms with Gasteiger partial charge in [0.2, 0.25) is 0 Å². The van der Waals surface area contributed by atoms with Crippen LogP contribution in [0.1, 0.15) is 25.3 Å². The van der Waals surface area contributed by atoms with Crippen LogP contribution in [0.15, 0.2) is 30.5 Å². The third-order valence-electron chi connectivity index (χ3n) is 5.84. The molecule has 1 aromatic carbocycles. The summed E-state index contributed by atoms with van der Waals surface area (Å²) < 4.78 is 27.9. The smallest absolute Gasteiger partial charge is 0.166 e. The molecule has 4 heterocycles.